The van der Waals surface area contributed by atoms with Gasteiger partial charge in [-0.15, -0.1) is 0 Å². The smallest absolute Gasteiger partial charge is 0.253 e. The normalized spacial score (nSPS) is 17.7. The zero-order valence-corrected chi connectivity index (χ0v) is 19.4. The maximum absolute atomic E-state index is 12.4. The van der Waals surface area contributed by atoms with Gasteiger partial charge in [0.15, 0.2) is 0 Å². The Labute approximate surface area is 199 Å². The van der Waals surface area contributed by atoms with E-state index in [4.69, 9.17) is 21.1 Å². The van der Waals surface area contributed by atoms with Gasteiger partial charge in [0, 0.05) is 36.8 Å². The summed E-state index contributed by atoms with van der Waals surface area (Å²) in [4.78, 5) is 26.7. The molecule has 2 aromatic rings. The fourth-order valence-corrected chi connectivity index (χ4v) is 4.20. The van der Waals surface area contributed by atoms with Crippen molar-refractivity contribution in [1.82, 2.24) is 10.2 Å². The summed E-state index contributed by atoms with van der Waals surface area (Å²) in [7, 11) is 0. The van der Waals surface area contributed by atoms with Crippen LogP contribution in [0.3, 0.4) is 0 Å². The van der Waals surface area contributed by atoms with E-state index in [9.17, 15) is 9.59 Å². The van der Waals surface area contributed by atoms with Crippen molar-refractivity contribution in [3.8, 4) is 5.75 Å². The highest BCUT2D eigenvalue weighted by Gasteiger charge is 2.19. The molecule has 0 spiro atoms. The molecule has 33 heavy (non-hydrogen) atoms. The first kappa shape index (κ1) is 23.4. The third-order valence-corrected chi connectivity index (χ3v) is 6.15. The molecule has 1 atom stereocenters. The molecule has 0 aliphatic carbocycles. The summed E-state index contributed by atoms with van der Waals surface area (Å²) < 4.78 is 11.5. The van der Waals surface area contributed by atoms with E-state index in [1.165, 1.54) is 0 Å². The number of benzene rings is 2. The number of anilines is 1. The minimum atomic E-state index is -0.155. The first-order valence-corrected chi connectivity index (χ1v) is 11.9. The van der Waals surface area contributed by atoms with Gasteiger partial charge in [-0.1, -0.05) is 23.7 Å². The van der Waals surface area contributed by atoms with E-state index in [0.29, 0.717) is 35.2 Å². The molecule has 2 saturated heterocycles. The van der Waals surface area contributed by atoms with Crippen LogP contribution in [0.2, 0.25) is 5.02 Å². The van der Waals surface area contributed by atoms with Gasteiger partial charge in [0.1, 0.15) is 12.4 Å². The summed E-state index contributed by atoms with van der Waals surface area (Å²) in [5.41, 5.74) is 2.29. The van der Waals surface area contributed by atoms with Gasteiger partial charge < -0.3 is 25.0 Å². The molecule has 2 fully saturated rings. The number of rotatable bonds is 9. The second kappa shape index (κ2) is 11.4. The number of nitrogens with zero attached hydrogens (tertiary/aromatic N) is 1. The summed E-state index contributed by atoms with van der Waals surface area (Å²) >= 11 is 6.13. The van der Waals surface area contributed by atoms with Gasteiger partial charge in [0.25, 0.3) is 5.91 Å². The Balaban J connectivity index is 1.24. The molecule has 0 bridgehead atoms. The van der Waals surface area contributed by atoms with Crippen LogP contribution >= 0.6 is 11.6 Å². The molecule has 1 unspecified atom stereocenters. The molecule has 2 aromatic carbocycles. The highest BCUT2D eigenvalue weighted by atomic mass is 35.5. The predicted octanol–water partition coefficient (Wildman–Crippen LogP) is 3.86. The van der Waals surface area contributed by atoms with Crippen LogP contribution < -0.4 is 15.4 Å². The van der Waals surface area contributed by atoms with Crippen molar-refractivity contribution in [2.45, 2.75) is 38.3 Å². The molecular formula is C25H30ClN3O4. The molecule has 0 saturated carbocycles. The lowest BCUT2D eigenvalue weighted by Gasteiger charge is -2.16. The zero-order valence-electron chi connectivity index (χ0n) is 18.6. The number of carbonyl (C=O) groups excluding carboxylic acids is 2. The van der Waals surface area contributed by atoms with Crippen LogP contribution in [0.4, 0.5) is 5.69 Å². The maximum Gasteiger partial charge on any atom is 0.253 e. The zero-order chi connectivity index (χ0) is 23.0. The molecule has 2 N–H and O–H groups in total. The van der Waals surface area contributed by atoms with Crippen LogP contribution in [0.5, 0.6) is 5.75 Å². The molecule has 2 heterocycles. The molecule has 8 heteroatoms. The quantitative estimate of drug-likeness (QED) is 0.580. The minimum absolute atomic E-state index is 0.0753. The van der Waals surface area contributed by atoms with Crippen molar-refractivity contribution in [2.24, 2.45) is 0 Å². The first-order chi connectivity index (χ1) is 16.1. The predicted molar refractivity (Wildman–Crippen MR) is 128 cm³/mol. The van der Waals surface area contributed by atoms with E-state index in [2.05, 4.69) is 10.6 Å². The Hall–Kier alpha value is -2.77. The number of hydrogen-bond acceptors (Lipinski definition) is 5. The number of ether oxygens (including phenoxy) is 2. The Morgan fingerprint density at radius 2 is 1.88 bits per heavy atom. The van der Waals surface area contributed by atoms with Crippen LogP contribution in [0, 0.1) is 0 Å². The van der Waals surface area contributed by atoms with E-state index >= 15 is 0 Å². The fourth-order valence-electron chi connectivity index (χ4n) is 4.03. The van der Waals surface area contributed by atoms with Crippen molar-refractivity contribution in [3.63, 3.8) is 0 Å². The van der Waals surface area contributed by atoms with Crippen molar-refractivity contribution >= 4 is 29.1 Å². The van der Waals surface area contributed by atoms with Crippen LogP contribution in [0.15, 0.2) is 42.5 Å². The number of halogens is 1. The third kappa shape index (κ3) is 6.62. The van der Waals surface area contributed by atoms with E-state index in [1.54, 1.807) is 18.2 Å². The van der Waals surface area contributed by atoms with E-state index in [0.717, 1.165) is 50.9 Å². The standard InChI is InChI=1S/C25H30ClN3O4/c26-20-9-10-23(33-17-21-4-3-13-32-21)22(14-20)27-16-24(30)28-15-18-5-7-19(8-6-18)25(31)29-11-1-2-12-29/h5-10,14,21,27H,1-4,11-13,15-17H2,(H,28,30). The van der Waals surface area contributed by atoms with Crippen LogP contribution in [0.25, 0.3) is 0 Å². The monoisotopic (exact) mass is 471 g/mol. The number of hydrogen-bond donors (Lipinski definition) is 2. The van der Waals surface area contributed by atoms with E-state index in [1.807, 2.05) is 29.2 Å². The molecule has 0 radical (unpaired) electrons. The molecule has 0 aromatic heterocycles. The van der Waals surface area contributed by atoms with E-state index < -0.39 is 0 Å². The van der Waals surface area contributed by atoms with Crippen molar-refractivity contribution in [3.05, 3.63) is 58.6 Å². The second-order valence-corrected chi connectivity index (χ2v) is 8.85. The van der Waals surface area contributed by atoms with Crippen molar-refractivity contribution in [2.75, 3.05) is 38.2 Å². The van der Waals surface area contributed by atoms with Gasteiger partial charge in [0.05, 0.1) is 18.3 Å². The summed E-state index contributed by atoms with van der Waals surface area (Å²) in [5, 5.41) is 6.56. The van der Waals surface area contributed by atoms with Crippen molar-refractivity contribution < 1.29 is 19.1 Å². The Kier molecular flexibility index (Phi) is 8.07. The lowest BCUT2D eigenvalue weighted by Crippen LogP contribution is -2.29. The van der Waals surface area contributed by atoms with Gasteiger partial charge in [-0.3, -0.25) is 9.59 Å². The maximum atomic E-state index is 12.4. The molecular weight excluding hydrogens is 442 g/mol. The average Bonchev–Trinajstić information content (AvgIpc) is 3.55. The topological polar surface area (TPSA) is 79.9 Å². The van der Waals surface area contributed by atoms with Gasteiger partial charge in [-0.25, -0.2) is 0 Å². The summed E-state index contributed by atoms with van der Waals surface area (Å²) in [6.45, 7) is 3.38. The highest BCUT2D eigenvalue weighted by Crippen LogP contribution is 2.28. The second-order valence-electron chi connectivity index (χ2n) is 8.41. The van der Waals surface area contributed by atoms with Gasteiger partial charge >= 0.3 is 0 Å². The number of likely N-dealkylation sites (tertiary alicyclic amines) is 1. The van der Waals surface area contributed by atoms with Crippen LogP contribution in [-0.2, 0) is 16.1 Å². The largest absolute Gasteiger partial charge is 0.489 e. The summed E-state index contributed by atoms with van der Waals surface area (Å²) in [6, 6.07) is 12.7. The van der Waals surface area contributed by atoms with Crippen molar-refractivity contribution in [1.29, 1.82) is 0 Å². The molecule has 2 amide bonds. The number of carbonyl (C=O) groups is 2. The third-order valence-electron chi connectivity index (χ3n) is 5.91. The SMILES string of the molecule is O=C(CNc1cc(Cl)ccc1OCC1CCCO1)NCc1ccc(C(=O)N2CCCC2)cc1. The Morgan fingerprint density at radius 1 is 1.09 bits per heavy atom. The van der Waals surface area contributed by atoms with Gasteiger partial charge in [0.2, 0.25) is 5.91 Å². The molecule has 2 aliphatic rings. The molecule has 7 nitrogen and oxygen atoms in total. The first-order valence-electron chi connectivity index (χ1n) is 11.5. The summed E-state index contributed by atoms with van der Waals surface area (Å²) in [6.07, 6.45) is 4.29. The van der Waals surface area contributed by atoms with Gasteiger partial charge in [-0.05, 0) is 61.6 Å². The lowest BCUT2D eigenvalue weighted by atomic mass is 10.1. The average molecular weight is 472 g/mol. The Morgan fingerprint density at radius 3 is 2.61 bits per heavy atom. The molecule has 4 rings (SSSR count). The van der Waals surface area contributed by atoms with Crippen LogP contribution in [-0.4, -0.2) is 55.7 Å². The van der Waals surface area contributed by atoms with E-state index in [-0.39, 0.29) is 24.5 Å². The summed E-state index contributed by atoms with van der Waals surface area (Å²) in [5.74, 6) is 0.560. The van der Waals surface area contributed by atoms with Crippen LogP contribution in [0.1, 0.15) is 41.6 Å². The number of nitrogens with one attached hydrogen (secondary N) is 2. The minimum Gasteiger partial charge on any atom is -0.489 e. The van der Waals surface area contributed by atoms with Gasteiger partial charge in [-0.2, -0.15) is 0 Å². The lowest BCUT2D eigenvalue weighted by molar-refractivity contribution is -0.119. The molecule has 176 valence electrons. The fraction of sp³-hybridized carbons (Fsp3) is 0.440. The number of amides is 2. The Bertz CT molecular complexity index is 955. The molecule has 2 aliphatic heterocycles. The highest BCUT2D eigenvalue weighted by molar-refractivity contribution is 6.30.